The minimum atomic E-state index is -0.457. The normalized spacial score (nSPS) is 18.1. The van der Waals surface area contributed by atoms with Crippen molar-refractivity contribution in [3.05, 3.63) is 33.9 Å². The quantitative estimate of drug-likeness (QED) is 0.636. The number of nitro groups is 1. The highest BCUT2D eigenvalue weighted by Crippen LogP contribution is 2.27. The van der Waals surface area contributed by atoms with E-state index in [1.165, 1.54) is 19.1 Å². The highest BCUT2D eigenvalue weighted by Gasteiger charge is 2.26. The Kier molecular flexibility index (Phi) is 4.19. The molecule has 1 aliphatic rings. The van der Waals surface area contributed by atoms with Gasteiger partial charge in [0.05, 0.1) is 11.5 Å². The molecule has 108 valence electrons. The van der Waals surface area contributed by atoms with Crippen molar-refractivity contribution in [3.63, 3.8) is 0 Å². The zero-order chi connectivity index (χ0) is 14.7. The maximum Gasteiger partial charge on any atom is 0.292 e. The summed E-state index contributed by atoms with van der Waals surface area (Å²) in [5, 5.41) is 23.2. The van der Waals surface area contributed by atoms with Crippen LogP contribution in [0.3, 0.4) is 0 Å². The van der Waals surface area contributed by atoms with Crippen LogP contribution >= 0.6 is 0 Å². The van der Waals surface area contributed by atoms with Crippen LogP contribution in [0.5, 0.6) is 0 Å². The van der Waals surface area contributed by atoms with Gasteiger partial charge < -0.3 is 15.3 Å². The zero-order valence-electron chi connectivity index (χ0n) is 11.2. The van der Waals surface area contributed by atoms with Gasteiger partial charge >= 0.3 is 0 Å². The number of hydrogen-bond acceptors (Lipinski definition) is 5. The van der Waals surface area contributed by atoms with Gasteiger partial charge in [0.15, 0.2) is 0 Å². The summed E-state index contributed by atoms with van der Waals surface area (Å²) < 4.78 is 0. The number of carbonyl (C=O) groups is 1. The summed E-state index contributed by atoms with van der Waals surface area (Å²) in [6.07, 6.45) is 0.750. The van der Waals surface area contributed by atoms with Crippen molar-refractivity contribution < 1.29 is 14.8 Å². The standard InChI is InChI=1S/C13H17N3O4/c1-9(18)15-5-4-11(7-15)14-12-6-10(8-17)2-3-13(12)16(19)20/h2-3,6,11,14,17H,4-5,7-8H2,1H3. The van der Waals surface area contributed by atoms with E-state index in [0.717, 1.165) is 6.42 Å². The average molecular weight is 279 g/mol. The summed E-state index contributed by atoms with van der Waals surface area (Å²) in [5.41, 5.74) is 0.972. The highest BCUT2D eigenvalue weighted by molar-refractivity contribution is 5.73. The number of aliphatic hydroxyl groups is 1. The molecule has 20 heavy (non-hydrogen) atoms. The first-order valence-corrected chi connectivity index (χ1v) is 6.41. The Labute approximate surface area is 116 Å². The van der Waals surface area contributed by atoms with E-state index in [1.807, 2.05) is 0 Å². The third-order valence-corrected chi connectivity index (χ3v) is 3.43. The maximum atomic E-state index is 11.3. The number of aliphatic hydroxyl groups excluding tert-OH is 1. The molecule has 0 spiro atoms. The second-order valence-electron chi connectivity index (χ2n) is 4.86. The Bertz CT molecular complexity index is 532. The number of benzene rings is 1. The number of hydrogen-bond donors (Lipinski definition) is 2. The van der Waals surface area contributed by atoms with Gasteiger partial charge in [0.1, 0.15) is 5.69 Å². The lowest BCUT2D eigenvalue weighted by Crippen LogP contribution is -2.29. The number of nitrogens with one attached hydrogen (secondary N) is 1. The number of nitrogens with zero attached hydrogens (tertiary/aromatic N) is 2. The summed E-state index contributed by atoms with van der Waals surface area (Å²) in [5.74, 6) is 0.00732. The van der Waals surface area contributed by atoms with Crippen molar-refractivity contribution >= 4 is 17.3 Å². The summed E-state index contributed by atoms with van der Waals surface area (Å²) in [4.78, 5) is 23.5. The number of carbonyl (C=O) groups excluding carboxylic acids is 1. The van der Waals surface area contributed by atoms with E-state index in [-0.39, 0.29) is 24.2 Å². The van der Waals surface area contributed by atoms with Gasteiger partial charge in [-0.05, 0) is 24.1 Å². The van der Waals surface area contributed by atoms with E-state index < -0.39 is 4.92 Å². The molecule has 7 nitrogen and oxygen atoms in total. The molecule has 0 radical (unpaired) electrons. The van der Waals surface area contributed by atoms with Crippen LogP contribution in [0.1, 0.15) is 18.9 Å². The molecule has 1 amide bonds. The molecule has 1 aliphatic heterocycles. The van der Waals surface area contributed by atoms with Crippen molar-refractivity contribution in [2.75, 3.05) is 18.4 Å². The molecule has 0 aliphatic carbocycles. The van der Waals surface area contributed by atoms with Gasteiger partial charge in [-0.25, -0.2) is 0 Å². The van der Waals surface area contributed by atoms with Gasteiger partial charge in [-0.1, -0.05) is 0 Å². The average Bonchev–Trinajstić information content (AvgIpc) is 2.87. The van der Waals surface area contributed by atoms with Crippen LogP contribution in [0.25, 0.3) is 0 Å². The molecule has 0 saturated carbocycles. The lowest BCUT2D eigenvalue weighted by Gasteiger charge is -2.16. The third-order valence-electron chi connectivity index (χ3n) is 3.43. The van der Waals surface area contributed by atoms with Crippen LogP contribution in [0.15, 0.2) is 18.2 Å². The minimum absolute atomic E-state index is 0.00732. The Morgan fingerprint density at radius 3 is 2.90 bits per heavy atom. The van der Waals surface area contributed by atoms with Crippen LogP contribution in [0, 0.1) is 10.1 Å². The van der Waals surface area contributed by atoms with Gasteiger partial charge in [-0.15, -0.1) is 0 Å². The van der Waals surface area contributed by atoms with E-state index in [0.29, 0.717) is 24.3 Å². The summed E-state index contributed by atoms with van der Waals surface area (Å²) in [6, 6.07) is 4.48. The van der Waals surface area contributed by atoms with Crippen molar-refractivity contribution in [2.24, 2.45) is 0 Å². The van der Waals surface area contributed by atoms with Gasteiger partial charge in [0, 0.05) is 32.1 Å². The SMILES string of the molecule is CC(=O)N1CCC(Nc2cc(CO)ccc2[N+](=O)[O-])C1. The Morgan fingerprint density at radius 1 is 1.60 bits per heavy atom. The summed E-state index contributed by atoms with van der Waals surface area (Å²) in [6.45, 7) is 2.53. The first-order chi connectivity index (χ1) is 9.51. The topological polar surface area (TPSA) is 95.7 Å². The Morgan fingerprint density at radius 2 is 2.35 bits per heavy atom. The molecule has 0 bridgehead atoms. The molecule has 1 aromatic carbocycles. The number of likely N-dealkylation sites (tertiary alicyclic amines) is 1. The van der Waals surface area contributed by atoms with Crippen LogP contribution < -0.4 is 5.32 Å². The predicted octanol–water partition coefficient (Wildman–Crippen LogP) is 1.12. The molecule has 0 aromatic heterocycles. The molecule has 2 rings (SSSR count). The summed E-state index contributed by atoms with van der Waals surface area (Å²) >= 11 is 0. The smallest absolute Gasteiger partial charge is 0.292 e. The van der Waals surface area contributed by atoms with Crippen molar-refractivity contribution in [1.29, 1.82) is 0 Å². The zero-order valence-corrected chi connectivity index (χ0v) is 11.2. The van der Waals surface area contributed by atoms with Crippen LogP contribution in [0.4, 0.5) is 11.4 Å². The molecule has 1 heterocycles. The van der Waals surface area contributed by atoms with Crippen molar-refractivity contribution in [2.45, 2.75) is 26.0 Å². The second kappa shape index (κ2) is 5.87. The molecule has 1 atom stereocenters. The maximum absolute atomic E-state index is 11.3. The molecular formula is C13H17N3O4. The van der Waals surface area contributed by atoms with E-state index in [2.05, 4.69) is 5.32 Å². The molecular weight excluding hydrogens is 262 g/mol. The third kappa shape index (κ3) is 3.05. The second-order valence-corrected chi connectivity index (χ2v) is 4.86. The van der Waals surface area contributed by atoms with E-state index in [4.69, 9.17) is 5.11 Å². The molecule has 2 N–H and O–H groups in total. The van der Waals surface area contributed by atoms with Gasteiger partial charge in [-0.2, -0.15) is 0 Å². The molecule has 1 saturated heterocycles. The minimum Gasteiger partial charge on any atom is -0.392 e. The van der Waals surface area contributed by atoms with Crippen molar-refractivity contribution in [1.82, 2.24) is 4.90 Å². The molecule has 1 fully saturated rings. The van der Waals surface area contributed by atoms with Crippen LogP contribution in [-0.2, 0) is 11.4 Å². The Balaban J connectivity index is 2.16. The van der Waals surface area contributed by atoms with Gasteiger partial charge in [0.25, 0.3) is 5.69 Å². The Hall–Kier alpha value is -2.15. The largest absolute Gasteiger partial charge is 0.392 e. The molecule has 1 aromatic rings. The van der Waals surface area contributed by atoms with Gasteiger partial charge in [0.2, 0.25) is 5.91 Å². The number of rotatable bonds is 4. The monoisotopic (exact) mass is 279 g/mol. The predicted molar refractivity (Wildman–Crippen MR) is 73.3 cm³/mol. The van der Waals surface area contributed by atoms with E-state index in [1.54, 1.807) is 11.0 Å². The van der Waals surface area contributed by atoms with Crippen LogP contribution in [-0.4, -0.2) is 40.0 Å². The number of amides is 1. The van der Waals surface area contributed by atoms with Crippen molar-refractivity contribution in [3.8, 4) is 0 Å². The van der Waals surface area contributed by atoms with Gasteiger partial charge in [-0.3, -0.25) is 14.9 Å². The fourth-order valence-corrected chi connectivity index (χ4v) is 2.34. The van der Waals surface area contributed by atoms with Crippen LogP contribution in [0.2, 0.25) is 0 Å². The number of nitro benzene ring substituents is 1. The lowest BCUT2D eigenvalue weighted by molar-refractivity contribution is -0.384. The van der Waals surface area contributed by atoms with E-state index in [9.17, 15) is 14.9 Å². The fraction of sp³-hybridized carbons (Fsp3) is 0.462. The first kappa shape index (κ1) is 14.3. The lowest BCUT2D eigenvalue weighted by atomic mass is 10.1. The molecule has 7 heteroatoms. The van der Waals surface area contributed by atoms with E-state index >= 15 is 0 Å². The fourth-order valence-electron chi connectivity index (χ4n) is 2.34. The first-order valence-electron chi connectivity index (χ1n) is 6.41. The highest BCUT2D eigenvalue weighted by atomic mass is 16.6. The molecule has 1 unspecified atom stereocenters. The number of anilines is 1. The summed E-state index contributed by atoms with van der Waals surface area (Å²) in [7, 11) is 0.